The quantitative estimate of drug-likeness (QED) is 0.337. The van der Waals surface area contributed by atoms with E-state index in [4.69, 9.17) is 4.74 Å². The average Bonchev–Trinajstić information content (AvgIpc) is 2.31. The fraction of sp³-hybridized carbons (Fsp3) is 0.800. The molecule has 0 radical (unpaired) electrons. The van der Waals surface area contributed by atoms with Gasteiger partial charge in [-0.05, 0) is 39.0 Å². The largest absolute Gasteiger partial charge is 0.466 e. The maximum atomic E-state index is 11.4. The van der Waals surface area contributed by atoms with Crippen molar-refractivity contribution in [2.24, 2.45) is 5.92 Å². The Kier molecular flexibility index (Phi) is 9.89. The van der Waals surface area contributed by atoms with Crippen molar-refractivity contribution >= 4 is 5.97 Å². The lowest BCUT2D eigenvalue weighted by Crippen LogP contribution is -2.12. The van der Waals surface area contributed by atoms with Crippen LogP contribution in [0.25, 0.3) is 0 Å². The normalized spacial score (nSPS) is 13.5. The topological polar surface area (TPSA) is 26.3 Å². The summed E-state index contributed by atoms with van der Waals surface area (Å²) in [4.78, 5) is 11.4. The van der Waals surface area contributed by atoms with Crippen LogP contribution in [0.1, 0.15) is 66.2 Å². The van der Waals surface area contributed by atoms with E-state index >= 15 is 0 Å². The van der Waals surface area contributed by atoms with Crippen LogP contribution < -0.4 is 0 Å². The van der Waals surface area contributed by atoms with E-state index in [1.54, 1.807) is 0 Å². The van der Waals surface area contributed by atoms with Crippen molar-refractivity contribution < 1.29 is 9.53 Å². The summed E-state index contributed by atoms with van der Waals surface area (Å²) in [5.74, 6) is 0.288. The molecule has 2 nitrogen and oxygen atoms in total. The highest BCUT2D eigenvalue weighted by Crippen LogP contribution is 2.20. The molecule has 0 rings (SSSR count). The fourth-order valence-corrected chi connectivity index (χ4v) is 1.94. The minimum atomic E-state index is -0.0688. The molecule has 0 saturated carbocycles. The predicted molar refractivity (Wildman–Crippen MR) is 72.9 cm³/mol. The van der Waals surface area contributed by atoms with E-state index in [1.165, 1.54) is 24.8 Å². The molecule has 2 heteroatoms. The molecule has 1 atom stereocenters. The maximum absolute atomic E-state index is 11.4. The van der Waals surface area contributed by atoms with Crippen LogP contribution >= 0.6 is 0 Å². The number of carbonyl (C=O) groups excluding carboxylic acids is 1. The van der Waals surface area contributed by atoms with Crippen LogP contribution in [0.4, 0.5) is 0 Å². The summed E-state index contributed by atoms with van der Waals surface area (Å²) >= 11 is 0. The fourth-order valence-electron chi connectivity index (χ4n) is 1.94. The number of ether oxygens (including phenoxy) is 1. The van der Waals surface area contributed by atoms with Crippen LogP contribution in [0.3, 0.4) is 0 Å². The Balaban J connectivity index is 4.10. The van der Waals surface area contributed by atoms with Gasteiger partial charge in [0.25, 0.3) is 0 Å². The molecular formula is C15H28O2. The minimum absolute atomic E-state index is 0.0688. The molecule has 0 aliphatic rings. The summed E-state index contributed by atoms with van der Waals surface area (Å²) in [5, 5.41) is 0. The van der Waals surface area contributed by atoms with Crippen molar-refractivity contribution in [3.8, 4) is 0 Å². The highest BCUT2D eigenvalue weighted by atomic mass is 16.5. The molecule has 1 unspecified atom stereocenters. The van der Waals surface area contributed by atoms with Crippen LogP contribution in [0, 0.1) is 5.92 Å². The molecular weight excluding hydrogens is 212 g/mol. The van der Waals surface area contributed by atoms with Crippen molar-refractivity contribution in [3.63, 3.8) is 0 Å². The van der Waals surface area contributed by atoms with Gasteiger partial charge in [0.1, 0.15) is 0 Å². The standard InChI is InChI=1S/C15H28O2/c1-5-8-9-10-11-13(4)14(6-2)12-15(16)17-7-3/h11,14H,5-10,12H2,1-4H3/b13-11+. The summed E-state index contributed by atoms with van der Waals surface area (Å²) in [6.07, 6.45) is 8.77. The lowest BCUT2D eigenvalue weighted by molar-refractivity contribution is -0.143. The molecule has 17 heavy (non-hydrogen) atoms. The number of esters is 1. The first kappa shape index (κ1) is 16.2. The molecule has 100 valence electrons. The Morgan fingerprint density at radius 2 is 1.94 bits per heavy atom. The Morgan fingerprint density at radius 3 is 2.47 bits per heavy atom. The van der Waals surface area contributed by atoms with Gasteiger partial charge in [-0.1, -0.05) is 38.3 Å². The average molecular weight is 240 g/mol. The molecule has 0 aliphatic carbocycles. The summed E-state index contributed by atoms with van der Waals surface area (Å²) in [6.45, 7) is 8.82. The second kappa shape index (κ2) is 10.4. The molecule has 0 amide bonds. The number of hydrogen-bond donors (Lipinski definition) is 0. The number of unbranched alkanes of at least 4 members (excludes halogenated alkanes) is 3. The van der Waals surface area contributed by atoms with E-state index in [0.29, 0.717) is 18.9 Å². The molecule has 0 aromatic carbocycles. The third-order valence-electron chi connectivity index (χ3n) is 3.13. The van der Waals surface area contributed by atoms with Crippen LogP contribution in [-0.2, 0) is 9.53 Å². The zero-order valence-corrected chi connectivity index (χ0v) is 11.9. The van der Waals surface area contributed by atoms with E-state index in [2.05, 4.69) is 26.8 Å². The van der Waals surface area contributed by atoms with E-state index in [0.717, 1.165) is 12.8 Å². The van der Waals surface area contributed by atoms with Crippen molar-refractivity contribution in [1.82, 2.24) is 0 Å². The van der Waals surface area contributed by atoms with E-state index in [9.17, 15) is 4.79 Å². The Labute approximate surface area is 106 Å². The summed E-state index contributed by atoms with van der Waals surface area (Å²) < 4.78 is 5.00. The van der Waals surface area contributed by atoms with Gasteiger partial charge in [-0.2, -0.15) is 0 Å². The van der Waals surface area contributed by atoms with E-state index < -0.39 is 0 Å². The molecule has 0 N–H and O–H groups in total. The van der Waals surface area contributed by atoms with Crippen LogP contribution in [0.15, 0.2) is 11.6 Å². The monoisotopic (exact) mass is 240 g/mol. The predicted octanol–water partition coefficient (Wildman–Crippen LogP) is 4.49. The van der Waals surface area contributed by atoms with Gasteiger partial charge in [0.15, 0.2) is 0 Å². The third kappa shape index (κ3) is 8.00. The minimum Gasteiger partial charge on any atom is -0.466 e. The Hall–Kier alpha value is -0.790. The summed E-state index contributed by atoms with van der Waals surface area (Å²) in [5.41, 5.74) is 1.34. The van der Waals surface area contributed by atoms with Gasteiger partial charge in [-0.15, -0.1) is 0 Å². The lowest BCUT2D eigenvalue weighted by atomic mass is 9.93. The van der Waals surface area contributed by atoms with Gasteiger partial charge in [0, 0.05) is 0 Å². The number of allylic oxidation sites excluding steroid dienone is 2. The third-order valence-corrected chi connectivity index (χ3v) is 3.13. The van der Waals surface area contributed by atoms with Crippen molar-refractivity contribution in [2.75, 3.05) is 6.61 Å². The van der Waals surface area contributed by atoms with Gasteiger partial charge in [0.05, 0.1) is 13.0 Å². The molecule has 0 heterocycles. The SMILES string of the molecule is CCCCC/C=C(\C)C(CC)CC(=O)OCC. The smallest absolute Gasteiger partial charge is 0.306 e. The second-order valence-electron chi connectivity index (χ2n) is 4.56. The second-order valence-corrected chi connectivity index (χ2v) is 4.56. The van der Waals surface area contributed by atoms with Gasteiger partial charge < -0.3 is 4.74 Å². The first-order chi connectivity index (χ1) is 8.15. The van der Waals surface area contributed by atoms with Gasteiger partial charge in [-0.25, -0.2) is 0 Å². The zero-order chi connectivity index (χ0) is 13.1. The van der Waals surface area contributed by atoms with Gasteiger partial charge in [0.2, 0.25) is 0 Å². The Bertz CT molecular complexity index is 231. The molecule has 0 aromatic heterocycles. The zero-order valence-electron chi connectivity index (χ0n) is 11.9. The molecule has 0 spiro atoms. The van der Waals surface area contributed by atoms with Crippen LogP contribution in [0.5, 0.6) is 0 Å². The number of rotatable bonds is 9. The number of carbonyl (C=O) groups is 1. The highest BCUT2D eigenvalue weighted by molar-refractivity contribution is 5.70. The molecule has 0 aliphatic heterocycles. The Morgan fingerprint density at radius 1 is 1.24 bits per heavy atom. The first-order valence-electron chi connectivity index (χ1n) is 6.97. The van der Waals surface area contributed by atoms with Crippen molar-refractivity contribution in [3.05, 3.63) is 11.6 Å². The van der Waals surface area contributed by atoms with E-state index in [-0.39, 0.29) is 5.97 Å². The van der Waals surface area contributed by atoms with Gasteiger partial charge in [-0.3, -0.25) is 4.79 Å². The molecule has 0 bridgehead atoms. The lowest BCUT2D eigenvalue weighted by Gasteiger charge is -2.15. The van der Waals surface area contributed by atoms with Gasteiger partial charge >= 0.3 is 5.97 Å². The summed E-state index contributed by atoms with van der Waals surface area (Å²) in [6, 6.07) is 0. The van der Waals surface area contributed by atoms with Crippen LogP contribution in [-0.4, -0.2) is 12.6 Å². The summed E-state index contributed by atoms with van der Waals surface area (Å²) in [7, 11) is 0. The van der Waals surface area contributed by atoms with Crippen molar-refractivity contribution in [2.45, 2.75) is 66.2 Å². The molecule has 0 fully saturated rings. The van der Waals surface area contributed by atoms with E-state index in [1.807, 2.05) is 6.92 Å². The highest BCUT2D eigenvalue weighted by Gasteiger charge is 2.14. The molecule has 0 saturated heterocycles. The van der Waals surface area contributed by atoms with Crippen molar-refractivity contribution in [1.29, 1.82) is 0 Å². The number of hydrogen-bond acceptors (Lipinski definition) is 2. The maximum Gasteiger partial charge on any atom is 0.306 e. The molecule has 0 aromatic rings. The van der Waals surface area contributed by atoms with Crippen LogP contribution in [0.2, 0.25) is 0 Å². The first-order valence-corrected chi connectivity index (χ1v) is 6.97.